The minimum atomic E-state index is -1.12. The first-order chi connectivity index (χ1) is 13.0. The van der Waals surface area contributed by atoms with E-state index in [0.29, 0.717) is 24.3 Å². The Morgan fingerprint density at radius 2 is 1.96 bits per heavy atom. The number of rotatable bonds is 4. The van der Waals surface area contributed by atoms with Gasteiger partial charge in [0.05, 0.1) is 13.2 Å². The fraction of sp³-hybridized carbons (Fsp3) is 0.286. The van der Waals surface area contributed by atoms with E-state index in [1.165, 1.54) is 0 Å². The Morgan fingerprint density at radius 3 is 2.67 bits per heavy atom. The number of ether oxygens (including phenoxy) is 2. The molecule has 0 radical (unpaired) electrons. The Bertz CT molecular complexity index is 1040. The van der Waals surface area contributed by atoms with E-state index in [2.05, 4.69) is 0 Å². The van der Waals surface area contributed by atoms with Gasteiger partial charge in [-0.3, -0.25) is 4.79 Å². The average Bonchev–Trinajstić information content (AvgIpc) is 3.18. The number of fused-ring (bicyclic) bond motifs is 1. The summed E-state index contributed by atoms with van der Waals surface area (Å²) in [7, 11) is 1.74. The lowest BCUT2D eigenvalue weighted by Gasteiger charge is -2.18. The first kappa shape index (κ1) is 18.1. The standard InChI is InChI=1S/C21H21NO4S/c1-22-12-19(16-5-3-4-6-17(16)21(22)23)18-11-15(27(2)24)7-8-20(18)26-14-9-10-25-13-14/h3-8,11-12,14H,9-10,13H2,1-2H3. The summed E-state index contributed by atoms with van der Waals surface area (Å²) >= 11 is -1.12. The molecule has 3 aromatic rings. The van der Waals surface area contributed by atoms with Crippen molar-refractivity contribution in [1.29, 1.82) is 0 Å². The molecule has 2 atom stereocenters. The summed E-state index contributed by atoms with van der Waals surface area (Å²) in [4.78, 5) is 13.2. The zero-order valence-electron chi connectivity index (χ0n) is 15.3. The second-order valence-corrected chi connectivity index (χ2v) is 8.10. The molecule has 0 spiro atoms. The molecule has 2 unspecified atom stereocenters. The van der Waals surface area contributed by atoms with E-state index < -0.39 is 11.2 Å². The number of pyridine rings is 1. The van der Waals surface area contributed by atoms with Gasteiger partial charge in [0.25, 0.3) is 5.56 Å². The third kappa shape index (κ3) is 3.48. The molecular weight excluding hydrogens is 362 g/mol. The fourth-order valence-corrected chi connectivity index (χ4v) is 3.96. The molecular formula is C21H21NO4S. The minimum absolute atomic E-state index is 0.000481. The number of hydrogen-bond donors (Lipinski definition) is 0. The van der Waals surface area contributed by atoms with Gasteiger partial charge in [0.2, 0.25) is 0 Å². The lowest BCUT2D eigenvalue weighted by molar-refractivity contribution is 0.141. The Morgan fingerprint density at radius 1 is 1.19 bits per heavy atom. The Labute approximate surface area is 160 Å². The van der Waals surface area contributed by atoms with E-state index in [1.807, 2.05) is 48.7 Å². The maximum absolute atomic E-state index is 12.5. The van der Waals surface area contributed by atoms with Gasteiger partial charge in [-0.05, 0) is 34.8 Å². The topological polar surface area (TPSA) is 63.5 Å². The highest BCUT2D eigenvalue weighted by Crippen LogP contribution is 2.37. The van der Waals surface area contributed by atoms with E-state index in [0.717, 1.165) is 27.8 Å². The van der Waals surface area contributed by atoms with E-state index in [-0.39, 0.29) is 11.7 Å². The first-order valence-corrected chi connectivity index (χ1v) is 10.4. The van der Waals surface area contributed by atoms with Crippen molar-refractivity contribution in [1.82, 2.24) is 4.57 Å². The molecule has 0 bridgehead atoms. The highest BCUT2D eigenvalue weighted by atomic mass is 32.2. The van der Waals surface area contributed by atoms with Crippen LogP contribution in [0.1, 0.15) is 6.42 Å². The van der Waals surface area contributed by atoms with E-state index in [4.69, 9.17) is 9.47 Å². The van der Waals surface area contributed by atoms with Crippen LogP contribution in [0.15, 0.2) is 58.4 Å². The van der Waals surface area contributed by atoms with Crippen molar-refractivity contribution in [3.63, 3.8) is 0 Å². The smallest absolute Gasteiger partial charge is 0.258 e. The molecule has 6 heteroatoms. The molecule has 140 valence electrons. The molecule has 1 aromatic heterocycles. The van der Waals surface area contributed by atoms with E-state index in [9.17, 15) is 9.35 Å². The fourth-order valence-electron chi connectivity index (χ4n) is 3.42. The van der Waals surface area contributed by atoms with Gasteiger partial charge in [-0.2, -0.15) is 0 Å². The predicted octanol–water partition coefficient (Wildman–Crippen LogP) is 3.11. The molecule has 1 aliphatic rings. The van der Waals surface area contributed by atoms with E-state index >= 15 is 0 Å². The van der Waals surface area contributed by atoms with Crippen LogP contribution >= 0.6 is 0 Å². The minimum Gasteiger partial charge on any atom is -0.612 e. The summed E-state index contributed by atoms with van der Waals surface area (Å²) < 4.78 is 25.3. The van der Waals surface area contributed by atoms with Gasteiger partial charge in [0, 0.05) is 42.2 Å². The zero-order chi connectivity index (χ0) is 19.0. The molecule has 5 nitrogen and oxygen atoms in total. The molecule has 1 aliphatic heterocycles. The maximum atomic E-state index is 12.5. The highest BCUT2D eigenvalue weighted by molar-refractivity contribution is 7.90. The van der Waals surface area contributed by atoms with Gasteiger partial charge in [-0.1, -0.05) is 18.2 Å². The Balaban J connectivity index is 1.94. The van der Waals surface area contributed by atoms with Crippen LogP contribution in [-0.2, 0) is 23.0 Å². The SMILES string of the molecule is Cn1cc(-c2cc([S+](C)[O-])ccc2OC2CCOC2)c2ccccc2c1=O. The van der Waals surface area contributed by atoms with Crippen LogP contribution in [0.5, 0.6) is 5.75 Å². The number of hydrogen-bond acceptors (Lipinski definition) is 4. The maximum Gasteiger partial charge on any atom is 0.258 e. The van der Waals surface area contributed by atoms with Crippen LogP contribution < -0.4 is 10.3 Å². The summed E-state index contributed by atoms with van der Waals surface area (Å²) in [6.07, 6.45) is 4.32. The third-order valence-electron chi connectivity index (χ3n) is 4.85. The molecule has 0 N–H and O–H groups in total. The molecule has 0 amide bonds. The van der Waals surface area contributed by atoms with Gasteiger partial charge in [-0.25, -0.2) is 0 Å². The predicted molar refractivity (Wildman–Crippen MR) is 107 cm³/mol. The van der Waals surface area contributed by atoms with Crippen molar-refractivity contribution in [2.24, 2.45) is 7.05 Å². The van der Waals surface area contributed by atoms with Crippen molar-refractivity contribution in [3.8, 4) is 16.9 Å². The van der Waals surface area contributed by atoms with Gasteiger partial charge in [0.15, 0.2) is 4.90 Å². The van der Waals surface area contributed by atoms with Gasteiger partial charge in [0.1, 0.15) is 18.1 Å². The summed E-state index contributed by atoms with van der Waals surface area (Å²) in [5, 5.41) is 1.50. The van der Waals surface area contributed by atoms with Crippen LogP contribution in [0.3, 0.4) is 0 Å². The second kappa shape index (κ2) is 7.38. The molecule has 4 rings (SSSR count). The lowest BCUT2D eigenvalue weighted by atomic mass is 9.99. The quantitative estimate of drug-likeness (QED) is 0.650. The van der Waals surface area contributed by atoms with Crippen molar-refractivity contribution in [2.45, 2.75) is 17.4 Å². The Hall–Kier alpha value is -2.28. The molecule has 0 saturated carbocycles. The van der Waals surface area contributed by atoms with Crippen molar-refractivity contribution < 1.29 is 14.0 Å². The van der Waals surface area contributed by atoms with Crippen LogP contribution in [-0.4, -0.2) is 34.7 Å². The van der Waals surface area contributed by atoms with Crippen molar-refractivity contribution in [2.75, 3.05) is 19.5 Å². The molecule has 27 heavy (non-hydrogen) atoms. The van der Waals surface area contributed by atoms with Gasteiger partial charge < -0.3 is 18.6 Å². The number of nitrogens with zero attached hydrogens (tertiary/aromatic N) is 1. The molecule has 2 heterocycles. The second-order valence-electron chi connectivity index (χ2n) is 6.72. The van der Waals surface area contributed by atoms with Gasteiger partial charge in [-0.15, -0.1) is 0 Å². The number of benzene rings is 2. The monoisotopic (exact) mass is 383 g/mol. The number of aromatic nitrogens is 1. The molecule has 2 aromatic carbocycles. The van der Waals surface area contributed by atoms with Crippen LogP contribution in [0, 0.1) is 0 Å². The largest absolute Gasteiger partial charge is 0.612 e. The van der Waals surface area contributed by atoms with Crippen molar-refractivity contribution in [3.05, 3.63) is 59.0 Å². The van der Waals surface area contributed by atoms with Crippen LogP contribution in [0.2, 0.25) is 0 Å². The van der Waals surface area contributed by atoms with Crippen LogP contribution in [0.25, 0.3) is 21.9 Å². The van der Waals surface area contributed by atoms with Crippen molar-refractivity contribution >= 4 is 21.9 Å². The van der Waals surface area contributed by atoms with Gasteiger partial charge >= 0.3 is 0 Å². The molecule has 1 fully saturated rings. The van der Waals surface area contributed by atoms with E-state index in [1.54, 1.807) is 17.9 Å². The summed E-state index contributed by atoms with van der Waals surface area (Å²) in [5.41, 5.74) is 1.67. The third-order valence-corrected chi connectivity index (χ3v) is 5.76. The molecule has 1 saturated heterocycles. The summed E-state index contributed by atoms with van der Waals surface area (Å²) in [6, 6.07) is 13.1. The van der Waals surface area contributed by atoms with Crippen LogP contribution in [0.4, 0.5) is 0 Å². The number of aryl methyl sites for hydroxylation is 1. The lowest BCUT2D eigenvalue weighted by Crippen LogP contribution is -2.18. The Kier molecular flexibility index (Phi) is 4.95. The molecule has 0 aliphatic carbocycles. The summed E-state index contributed by atoms with van der Waals surface area (Å²) in [5.74, 6) is 0.712. The summed E-state index contributed by atoms with van der Waals surface area (Å²) in [6.45, 7) is 1.26. The highest BCUT2D eigenvalue weighted by Gasteiger charge is 2.22. The first-order valence-electron chi connectivity index (χ1n) is 8.85. The normalized spacial score (nSPS) is 18.0. The zero-order valence-corrected chi connectivity index (χ0v) is 16.1. The average molecular weight is 383 g/mol.